The summed E-state index contributed by atoms with van der Waals surface area (Å²) in [4.78, 5) is 4.48. The summed E-state index contributed by atoms with van der Waals surface area (Å²) in [5.74, 6) is 1.03. The predicted molar refractivity (Wildman–Crippen MR) is 90.8 cm³/mol. The second kappa shape index (κ2) is 6.25. The van der Waals surface area contributed by atoms with Crippen LogP contribution in [-0.4, -0.2) is 42.2 Å². The second-order valence-electron chi connectivity index (χ2n) is 5.40. The van der Waals surface area contributed by atoms with Gasteiger partial charge in [-0.25, -0.2) is 12.7 Å². The molecule has 6 nitrogen and oxygen atoms in total. The van der Waals surface area contributed by atoms with E-state index in [1.54, 1.807) is 0 Å². The van der Waals surface area contributed by atoms with Crippen molar-refractivity contribution in [2.24, 2.45) is 0 Å². The third kappa shape index (κ3) is 3.33. The van der Waals surface area contributed by atoms with Crippen molar-refractivity contribution in [2.45, 2.75) is 18.8 Å². The highest BCUT2D eigenvalue weighted by Gasteiger charge is 2.30. The van der Waals surface area contributed by atoms with Crippen molar-refractivity contribution in [2.75, 3.05) is 19.3 Å². The van der Waals surface area contributed by atoms with Crippen molar-refractivity contribution in [1.29, 1.82) is 0 Å². The molecule has 8 heteroatoms. The quantitative estimate of drug-likeness (QED) is 0.696. The van der Waals surface area contributed by atoms with Gasteiger partial charge < -0.3 is 4.52 Å². The Morgan fingerprint density at radius 1 is 1.36 bits per heavy atom. The molecule has 1 aliphatic heterocycles. The number of aromatic nitrogens is 2. The third-order valence-corrected chi connectivity index (χ3v) is 5.97. The Balaban J connectivity index is 1.84. The molecule has 1 aromatic carbocycles. The Morgan fingerprint density at radius 3 is 2.86 bits per heavy atom. The number of halogens is 1. The van der Waals surface area contributed by atoms with Crippen LogP contribution in [0.15, 0.2) is 28.8 Å². The molecule has 1 aromatic heterocycles. The molecule has 1 saturated heterocycles. The lowest BCUT2D eigenvalue weighted by Crippen LogP contribution is -2.38. The van der Waals surface area contributed by atoms with Crippen LogP contribution in [-0.2, 0) is 10.0 Å². The average Bonchev–Trinajstić information content (AvgIpc) is 2.97. The summed E-state index contributed by atoms with van der Waals surface area (Å²) in [5.41, 5.74) is 0.925. The van der Waals surface area contributed by atoms with Crippen molar-refractivity contribution >= 4 is 32.6 Å². The summed E-state index contributed by atoms with van der Waals surface area (Å²) in [6.45, 7) is 0.971. The fourth-order valence-electron chi connectivity index (χ4n) is 2.60. The lowest BCUT2D eigenvalue weighted by atomic mass is 10.00. The maximum Gasteiger partial charge on any atom is 0.231 e. The molecule has 0 saturated carbocycles. The maximum atomic E-state index is 11.7. The minimum atomic E-state index is -3.18. The standard InChI is InChI=1S/C14H16IN3O3S/c1-22(19,20)18-8-4-5-10(9-18)14-16-13(17-21-14)11-6-2-3-7-12(11)15/h2-3,6-7,10H,4-5,8-9H2,1H3/t10-/m1/s1. The van der Waals surface area contributed by atoms with E-state index in [4.69, 9.17) is 4.52 Å². The van der Waals surface area contributed by atoms with E-state index >= 15 is 0 Å². The van der Waals surface area contributed by atoms with Gasteiger partial charge in [0.05, 0.1) is 12.2 Å². The maximum absolute atomic E-state index is 11.7. The van der Waals surface area contributed by atoms with E-state index in [9.17, 15) is 8.42 Å². The van der Waals surface area contributed by atoms with E-state index in [1.807, 2.05) is 24.3 Å². The molecule has 2 aromatic rings. The first-order valence-corrected chi connectivity index (χ1v) is 9.91. The van der Waals surface area contributed by atoms with E-state index in [-0.39, 0.29) is 5.92 Å². The molecular formula is C14H16IN3O3S. The normalized spacial score (nSPS) is 20.2. The molecule has 0 aliphatic carbocycles. The smallest absolute Gasteiger partial charge is 0.231 e. The van der Waals surface area contributed by atoms with Crippen molar-refractivity contribution in [3.63, 3.8) is 0 Å². The average molecular weight is 433 g/mol. The lowest BCUT2D eigenvalue weighted by molar-refractivity contribution is 0.266. The summed E-state index contributed by atoms with van der Waals surface area (Å²) in [6.07, 6.45) is 2.90. The molecule has 1 atom stereocenters. The van der Waals surface area contributed by atoms with Crippen molar-refractivity contribution in [1.82, 2.24) is 14.4 Å². The van der Waals surface area contributed by atoms with Crippen LogP contribution in [0, 0.1) is 3.57 Å². The molecule has 22 heavy (non-hydrogen) atoms. The van der Waals surface area contributed by atoms with Crippen LogP contribution >= 0.6 is 22.6 Å². The molecule has 3 rings (SSSR count). The van der Waals surface area contributed by atoms with Gasteiger partial charge in [-0.05, 0) is 47.6 Å². The zero-order valence-corrected chi connectivity index (χ0v) is 15.0. The number of hydrogen-bond acceptors (Lipinski definition) is 5. The van der Waals surface area contributed by atoms with Gasteiger partial charge in [-0.15, -0.1) is 0 Å². The SMILES string of the molecule is CS(=O)(=O)N1CCC[C@@H](c2nc(-c3ccccc3I)no2)C1. The third-order valence-electron chi connectivity index (χ3n) is 3.76. The van der Waals surface area contributed by atoms with Crippen molar-refractivity contribution in [3.05, 3.63) is 33.7 Å². The zero-order chi connectivity index (χ0) is 15.7. The number of hydrogen-bond donors (Lipinski definition) is 0. The van der Waals surface area contributed by atoms with Gasteiger partial charge in [-0.1, -0.05) is 17.3 Å². The Labute approximate surface area is 143 Å². The highest BCUT2D eigenvalue weighted by atomic mass is 127. The van der Waals surface area contributed by atoms with Crippen molar-refractivity contribution < 1.29 is 12.9 Å². The van der Waals surface area contributed by atoms with Crippen LogP contribution < -0.4 is 0 Å². The fourth-order valence-corrected chi connectivity index (χ4v) is 4.14. The minimum Gasteiger partial charge on any atom is -0.339 e. The van der Waals surface area contributed by atoms with Gasteiger partial charge >= 0.3 is 0 Å². The number of benzene rings is 1. The topological polar surface area (TPSA) is 76.3 Å². The van der Waals surface area contributed by atoms with E-state index in [0.717, 1.165) is 22.0 Å². The molecular weight excluding hydrogens is 417 g/mol. The molecule has 1 fully saturated rings. The van der Waals surface area contributed by atoms with E-state index in [2.05, 4.69) is 32.7 Å². The molecule has 0 bridgehead atoms. The molecule has 2 heterocycles. The highest BCUT2D eigenvalue weighted by molar-refractivity contribution is 14.1. The van der Waals surface area contributed by atoms with Gasteiger partial charge in [0.15, 0.2) is 0 Å². The lowest BCUT2D eigenvalue weighted by Gasteiger charge is -2.28. The van der Waals surface area contributed by atoms with E-state index < -0.39 is 10.0 Å². The van der Waals surface area contributed by atoms with Crippen LogP contribution in [0.1, 0.15) is 24.7 Å². The largest absolute Gasteiger partial charge is 0.339 e. The molecule has 0 amide bonds. The molecule has 118 valence electrons. The van der Waals surface area contributed by atoms with Gasteiger partial charge in [0.1, 0.15) is 0 Å². The van der Waals surface area contributed by atoms with Gasteiger partial charge in [0.2, 0.25) is 21.7 Å². The summed E-state index contributed by atoms with van der Waals surface area (Å²) in [7, 11) is -3.18. The number of rotatable bonds is 3. The fraction of sp³-hybridized carbons (Fsp3) is 0.429. The Bertz CT molecular complexity index is 775. The van der Waals surface area contributed by atoms with Gasteiger partial charge in [0.25, 0.3) is 0 Å². The Morgan fingerprint density at radius 2 is 2.14 bits per heavy atom. The molecule has 0 radical (unpaired) electrons. The summed E-state index contributed by atoms with van der Waals surface area (Å²) >= 11 is 2.23. The summed E-state index contributed by atoms with van der Waals surface area (Å²) < 4.78 is 31.3. The first-order chi connectivity index (χ1) is 10.4. The summed E-state index contributed by atoms with van der Waals surface area (Å²) in [6, 6.07) is 7.81. The van der Waals surface area contributed by atoms with Crippen LogP contribution in [0.5, 0.6) is 0 Å². The van der Waals surface area contributed by atoms with Gasteiger partial charge in [0, 0.05) is 22.2 Å². The highest BCUT2D eigenvalue weighted by Crippen LogP contribution is 2.29. The minimum absolute atomic E-state index is 0.0360. The van der Waals surface area contributed by atoms with E-state index in [1.165, 1.54) is 10.6 Å². The monoisotopic (exact) mass is 433 g/mol. The molecule has 0 unspecified atom stereocenters. The molecule has 1 aliphatic rings. The van der Waals surface area contributed by atoms with Gasteiger partial charge in [-0.2, -0.15) is 4.98 Å². The van der Waals surface area contributed by atoms with Crippen LogP contribution in [0.3, 0.4) is 0 Å². The Hall–Kier alpha value is -1.00. The first kappa shape index (κ1) is 15.9. The second-order valence-corrected chi connectivity index (χ2v) is 8.54. The Kier molecular flexibility index (Phi) is 4.51. The number of nitrogens with zero attached hydrogens (tertiary/aromatic N) is 3. The first-order valence-electron chi connectivity index (χ1n) is 6.99. The number of sulfonamides is 1. The predicted octanol–water partition coefficient (Wildman–Crippen LogP) is 2.48. The number of piperidine rings is 1. The summed E-state index contributed by atoms with van der Waals surface area (Å²) in [5, 5.41) is 4.05. The molecule has 0 spiro atoms. The van der Waals surface area contributed by atoms with Gasteiger partial charge in [-0.3, -0.25) is 0 Å². The van der Waals surface area contributed by atoms with Crippen LogP contribution in [0.2, 0.25) is 0 Å². The van der Waals surface area contributed by atoms with Crippen LogP contribution in [0.25, 0.3) is 11.4 Å². The van der Waals surface area contributed by atoms with Crippen LogP contribution in [0.4, 0.5) is 0 Å². The molecule has 0 N–H and O–H groups in total. The zero-order valence-electron chi connectivity index (χ0n) is 12.1. The van der Waals surface area contributed by atoms with E-state index in [0.29, 0.717) is 24.8 Å². The van der Waals surface area contributed by atoms with Crippen molar-refractivity contribution in [3.8, 4) is 11.4 Å².